The lowest BCUT2D eigenvalue weighted by Gasteiger charge is -2.35. The number of fused-ring (bicyclic) bond motifs is 5. The number of aromatic nitrogens is 6. The van der Waals surface area contributed by atoms with Gasteiger partial charge in [0.1, 0.15) is 44.9 Å². The number of aromatic hydroxyl groups is 2. The molecular weight excluding hydrogens is 1070 g/mol. The third-order valence-electron chi connectivity index (χ3n) is 15.7. The molecule has 2 N–H and O–H groups in total. The number of nitrogens with zero attached hydrogens (tertiary/aromatic N) is 8. The Labute approximate surface area is 478 Å². The fraction of sp³-hybridized carbons (Fsp3) is 0.385. The maximum atomic E-state index is 13.0. The van der Waals surface area contributed by atoms with Crippen LogP contribution in [-0.2, 0) is 21.7 Å². The lowest BCUT2D eigenvalue weighted by atomic mass is 9.70. The predicted octanol–water partition coefficient (Wildman–Crippen LogP) is 14.2. The van der Waals surface area contributed by atoms with Gasteiger partial charge < -0.3 is 10.2 Å². The average molecular weight is 1140 g/mol. The Morgan fingerprint density at radius 3 is 1.21 bits per heavy atom. The SMILES string of the molecule is C.CN1C(=O)c2c(Br)cc3nn(-c4cc(C(C)(C)CC(C)(C)C)cc(C(C)(C)c5ccccc5)c4O)nc3c2C1=O.CN1C(=O)c2cc3nn(-c4cc(C(C)(C)CC(C)(C)C)cc(C(C)(C)c5ccccc5)c4O)nc3cc2C1=O. The van der Waals surface area contributed by atoms with Crippen LogP contribution in [0.5, 0.6) is 11.5 Å². The second-order valence-corrected chi connectivity index (χ2v) is 27.0. The number of amides is 4. The maximum Gasteiger partial charge on any atom is 0.263 e. The number of benzene rings is 6. The Hall–Kier alpha value is -7.52. The highest BCUT2D eigenvalue weighted by Crippen LogP contribution is 2.47. The van der Waals surface area contributed by atoms with Crippen molar-refractivity contribution in [2.24, 2.45) is 10.8 Å². The van der Waals surface area contributed by atoms with E-state index in [1.165, 1.54) is 23.7 Å². The van der Waals surface area contributed by atoms with E-state index in [1.807, 2.05) is 48.5 Å². The second kappa shape index (κ2) is 20.2. The van der Waals surface area contributed by atoms with Crippen LogP contribution in [0.2, 0.25) is 0 Å². The summed E-state index contributed by atoms with van der Waals surface area (Å²) < 4.78 is 0.486. The number of hydrogen-bond donors (Lipinski definition) is 2. The van der Waals surface area contributed by atoms with E-state index in [9.17, 15) is 29.4 Å². The van der Waals surface area contributed by atoms with Crippen LogP contribution >= 0.6 is 15.9 Å². The first kappa shape index (κ1) is 58.6. The molecule has 0 atom stereocenters. The van der Waals surface area contributed by atoms with Crippen LogP contribution in [0.3, 0.4) is 0 Å². The van der Waals surface area contributed by atoms with Crippen molar-refractivity contribution in [1.29, 1.82) is 0 Å². The van der Waals surface area contributed by atoms with E-state index in [1.54, 1.807) is 18.2 Å². The van der Waals surface area contributed by atoms with Crippen LogP contribution in [0.4, 0.5) is 0 Å². The monoisotopic (exact) mass is 1140 g/mol. The van der Waals surface area contributed by atoms with Gasteiger partial charge in [0.25, 0.3) is 23.6 Å². The Morgan fingerprint density at radius 1 is 0.450 bits per heavy atom. The van der Waals surface area contributed by atoms with Crippen molar-refractivity contribution in [3.63, 3.8) is 0 Å². The molecule has 0 saturated heterocycles. The maximum absolute atomic E-state index is 13.0. The van der Waals surface area contributed by atoms with Crippen LogP contribution in [-0.4, -0.2) is 87.7 Å². The fourth-order valence-electron chi connectivity index (χ4n) is 12.0. The van der Waals surface area contributed by atoms with Crippen molar-refractivity contribution < 1.29 is 29.4 Å². The van der Waals surface area contributed by atoms with Crippen molar-refractivity contribution >= 4 is 61.6 Å². The molecule has 15 heteroatoms. The minimum Gasteiger partial charge on any atom is -0.505 e. The zero-order chi connectivity index (χ0) is 57.9. The molecule has 0 fully saturated rings. The molecular formula is C65H75BrN8O6. The number of imide groups is 2. The standard InChI is InChI=1S/C32H35BrN4O3.C32H36N4O3.CH4/c1-30(2,3)17-31(4,5)19-14-20(32(6,7)18-12-10-9-11-13-18)27(38)23(15-19)37-34-22-16-21(33)24-25(26(22)35-37)29(40)36(8)28(24)39;1-30(2,3)18-31(4,5)20-14-23(32(6,7)19-12-10-9-11-13-19)27(37)26(15-20)36-33-24-16-21-22(17-25(24)34-36)29(39)35(8)28(21)38;/h9-16,38H,17H2,1-8H3;9-17,37H,18H2,1-8H3;1H4. The molecule has 0 spiro atoms. The van der Waals surface area contributed by atoms with Crippen LogP contribution in [0.15, 0.2) is 108 Å². The molecule has 10 rings (SSSR count). The van der Waals surface area contributed by atoms with Crippen molar-refractivity contribution in [3.8, 4) is 22.9 Å². The summed E-state index contributed by atoms with van der Waals surface area (Å²) in [4.78, 5) is 55.8. The summed E-state index contributed by atoms with van der Waals surface area (Å²) in [7, 11) is 2.92. The summed E-state index contributed by atoms with van der Waals surface area (Å²) in [6.07, 6.45) is 1.84. The molecule has 14 nitrogen and oxygen atoms in total. The van der Waals surface area contributed by atoms with Gasteiger partial charge in [0.15, 0.2) is 0 Å². The molecule has 418 valence electrons. The van der Waals surface area contributed by atoms with E-state index in [-0.39, 0.29) is 69.4 Å². The van der Waals surface area contributed by atoms with Crippen molar-refractivity contribution in [2.45, 2.75) is 139 Å². The molecule has 2 aromatic heterocycles. The van der Waals surface area contributed by atoms with Crippen molar-refractivity contribution in [3.05, 3.63) is 163 Å². The summed E-state index contributed by atoms with van der Waals surface area (Å²) in [5.41, 5.74) is 8.21. The van der Waals surface area contributed by atoms with E-state index in [2.05, 4.69) is 159 Å². The van der Waals surface area contributed by atoms with Crippen LogP contribution < -0.4 is 0 Å². The fourth-order valence-corrected chi connectivity index (χ4v) is 12.6. The third-order valence-corrected chi connectivity index (χ3v) is 16.3. The minimum absolute atomic E-state index is 0. The summed E-state index contributed by atoms with van der Waals surface area (Å²) >= 11 is 3.45. The Bertz CT molecular complexity index is 3750. The van der Waals surface area contributed by atoms with Gasteiger partial charge in [-0.2, -0.15) is 0 Å². The van der Waals surface area contributed by atoms with E-state index in [0.29, 0.717) is 49.0 Å². The highest BCUT2D eigenvalue weighted by atomic mass is 79.9. The zero-order valence-corrected chi connectivity index (χ0v) is 49.8. The molecule has 0 unspecified atom stereocenters. The highest BCUT2D eigenvalue weighted by molar-refractivity contribution is 9.10. The first-order valence-electron chi connectivity index (χ1n) is 26.7. The van der Waals surface area contributed by atoms with Gasteiger partial charge in [-0.3, -0.25) is 29.0 Å². The third kappa shape index (κ3) is 10.4. The first-order valence-corrected chi connectivity index (χ1v) is 27.5. The summed E-state index contributed by atoms with van der Waals surface area (Å²) in [6, 6.07) is 33.3. The van der Waals surface area contributed by atoms with E-state index < -0.39 is 16.7 Å². The lowest BCUT2D eigenvalue weighted by Crippen LogP contribution is -2.27. The van der Waals surface area contributed by atoms with E-state index in [4.69, 9.17) is 10.2 Å². The number of hydrogen-bond acceptors (Lipinski definition) is 10. The molecule has 0 saturated carbocycles. The van der Waals surface area contributed by atoms with Crippen LogP contribution in [0, 0.1) is 10.8 Å². The van der Waals surface area contributed by atoms with Gasteiger partial charge in [-0.1, -0.05) is 177 Å². The highest BCUT2D eigenvalue weighted by Gasteiger charge is 2.40. The minimum atomic E-state index is -0.532. The number of rotatable bonds is 10. The topological polar surface area (TPSA) is 177 Å². The second-order valence-electron chi connectivity index (χ2n) is 26.2. The number of phenols is 2. The van der Waals surface area contributed by atoms with Crippen molar-refractivity contribution in [2.75, 3.05) is 14.1 Å². The molecule has 0 radical (unpaired) electrons. The van der Waals surface area contributed by atoms with Gasteiger partial charge in [-0.15, -0.1) is 30.0 Å². The summed E-state index contributed by atoms with van der Waals surface area (Å²) in [6.45, 7) is 30.6. The lowest BCUT2D eigenvalue weighted by molar-refractivity contribution is 0.0678. The average Bonchev–Trinajstić information content (AvgIpc) is 4.26. The van der Waals surface area contributed by atoms with E-state index in [0.717, 1.165) is 56.0 Å². The summed E-state index contributed by atoms with van der Waals surface area (Å²) in [5, 5.41) is 42.3. The van der Waals surface area contributed by atoms with Gasteiger partial charge in [-0.25, -0.2) is 0 Å². The summed E-state index contributed by atoms with van der Waals surface area (Å²) in [5.74, 6) is -1.35. The number of carbonyl (C=O) groups excluding carboxylic acids is 4. The zero-order valence-electron chi connectivity index (χ0n) is 48.2. The number of phenolic OH excluding ortho intramolecular Hbond substituents is 2. The Morgan fingerprint density at radius 2 is 0.812 bits per heavy atom. The molecule has 0 bridgehead atoms. The molecule has 6 aromatic carbocycles. The smallest absolute Gasteiger partial charge is 0.263 e. The molecule has 2 aliphatic rings. The normalized spacial score (nSPS) is 14.2. The van der Waals surface area contributed by atoms with Gasteiger partial charge in [0.05, 0.1) is 22.3 Å². The molecule has 80 heavy (non-hydrogen) atoms. The largest absolute Gasteiger partial charge is 0.505 e. The van der Waals surface area contributed by atoms with Gasteiger partial charge in [0, 0.05) is 40.5 Å². The van der Waals surface area contributed by atoms with Gasteiger partial charge >= 0.3 is 0 Å². The number of carbonyl (C=O) groups is 4. The Kier molecular flexibility index (Phi) is 14.8. The Balaban J connectivity index is 0.000000208. The van der Waals surface area contributed by atoms with Gasteiger partial charge in [-0.05, 0) is 103 Å². The van der Waals surface area contributed by atoms with Crippen LogP contribution in [0.25, 0.3) is 33.4 Å². The van der Waals surface area contributed by atoms with Crippen LogP contribution in [0.1, 0.15) is 192 Å². The molecule has 0 aliphatic carbocycles. The predicted molar refractivity (Wildman–Crippen MR) is 320 cm³/mol. The van der Waals surface area contributed by atoms with E-state index >= 15 is 0 Å². The quantitative estimate of drug-likeness (QED) is 0.125. The molecule has 2 aliphatic heterocycles. The number of halogens is 1. The van der Waals surface area contributed by atoms with Gasteiger partial charge in [0.2, 0.25) is 0 Å². The molecule has 4 amide bonds. The van der Waals surface area contributed by atoms with Crippen molar-refractivity contribution in [1.82, 2.24) is 39.8 Å². The molecule has 4 heterocycles. The first-order chi connectivity index (χ1) is 36.6. The molecule has 8 aromatic rings.